The number of para-hydroxylation sites is 1. The van der Waals surface area contributed by atoms with Crippen molar-refractivity contribution < 1.29 is 28.3 Å². The molecule has 0 aromatic heterocycles. The lowest BCUT2D eigenvalue weighted by Crippen LogP contribution is -2.55. The zero-order valence-corrected chi connectivity index (χ0v) is 32.9. The van der Waals surface area contributed by atoms with Crippen LogP contribution >= 0.6 is 11.6 Å². The molecule has 0 aliphatic carbocycles. The number of amides is 3. The molecule has 8 rings (SSSR count). The quantitative estimate of drug-likeness (QED) is 0.215. The number of aliphatic hydroxyl groups excluding tert-OH is 1. The van der Waals surface area contributed by atoms with Crippen molar-refractivity contribution in [1.82, 2.24) is 10.2 Å². The van der Waals surface area contributed by atoms with Gasteiger partial charge in [0.15, 0.2) is 5.60 Å². The Morgan fingerprint density at radius 3 is 2.48 bits per heavy atom. The van der Waals surface area contributed by atoms with Gasteiger partial charge in [-0.15, -0.1) is 0 Å². The lowest BCUT2D eigenvalue weighted by atomic mass is 9.82. The molecule has 2 spiro atoms. The maximum absolute atomic E-state index is 16.4. The van der Waals surface area contributed by atoms with Crippen molar-refractivity contribution >= 4 is 54.8 Å². The molecule has 4 saturated heterocycles. The van der Waals surface area contributed by atoms with Gasteiger partial charge in [0.05, 0.1) is 44.1 Å². The summed E-state index contributed by atoms with van der Waals surface area (Å²) in [5, 5.41) is 13.7. The maximum atomic E-state index is 16.4. The molecule has 0 bridgehead atoms. The van der Waals surface area contributed by atoms with Gasteiger partial charge in [0.1, 0.15) is 5.54 Å². The van der Waals surface area contributed by atoms with E-state index in [4.69, 9.17) is 16.3 Å². The number of ether oxygens (including phenoxy) is 1. The standard InChI is InChI=1S/C41H49ClFN5O5Si/c1-27-37(54(2,3)43)35(23-36(50)45-20-8-13-32(45)25-49)53-41(27)33-22-29(42)14-15-34(33)46(39(41)52)24-28-9-7-12-31(21-28)47-26-48(30-10-5-4-6-11-30)40(38(47)51)16-18-44-19-17-40/h4-7,9-12,14-15,21-22,27,32,35,37,44,49H,8,13,16-20,23-26H2,1-3H3/t27-,32+,35+,37-,41+/m1/s1. The normalized spacial score (nSPS) is 27.9. The Bertz CT molecular complexity index is 1940. The summed E-state index contributed by atoms with van der Waals surface area (Å²) in [7, 11) is -3.51. The van der Waals surface area contributed by atoms with Crippen molar-refractivity contribution in [2.45, 2.75) is 87.5 Å². The summed E-state index contributed by atoms with van der Waals surface area (Å²) < 4.78 is 23.3. The molecule has 3 amide bonds. The van der Waals surface area contributed by atoms with Gasteiger partial charge in [0.25, 0.3) is 11.8 Å². The molecule has 5 aliphatic heterocycles. The number of aliphatic hydroxyl groups is 1. The van der Waals surface area contributed by atoms with Crippen LogP contribution in [0.15, 0.2) is 72.8 Å². The summed E-state index contributed by atoms with van der Waals surface area (Å²) in [4.78, 5) is 50.6. The van der Waals surface area contributed by atoms with E-state index in [-0.39, 0.29) is 43.3 Å². The van der Waals surface area contributed by atoms with Crippen LogP contribution in [-0.4, -0.2) is 86.7 Å². The van der Waals surface area contributed by atoms with Crippen molar-refractivity contribution in [3.05, 3.63) is 88.9 Å². The first-order chi connectivity index (χ1) is 25.9. The molecule has 13 heteroatoms. The number of fused-ring (bicyclic) bond motifs is 2. The van der Waals surface area contributed by atoms with Gasteiger partial charge < -0.3 is 34.0 Å². The third-order valence-electron chi connectivity index (χ3n) is 12.7. The molecule has 54 heavy (non-hydrogen) atoms. The largest absolute Gasteiger partial charge is 0.394 e. The van der Waals surface area contributed by atoms with Crippen LogP contribution in [0.1, 0.15) is 50.2 Å². The van der Waals surface area contributed by atoms with Crippen LogP contribution in [0.25, 0.3) is 0 Å². The highest BCUT2D eigenvalue weighted by molar-refractivity contribution is 6.72. The number of likely N-dealkylation sites (tertiary alicyclic amines) is 1. The minimum atomic E-state index is -3.51. The molecule has 5 atom stereocenters. The minimum Gasteiger partial charge on any atom is -0.394 e. The smallest absolute Gasteiger partial charge is 0.264 e. The van der Waals surface area contributed by atoms with E-state index in [1.54, 1.807) is 35.0 Å². The monoisotopic (exact) mass is 773 g/mol. The van der Waals surface area contributed by atoms with Crippen molar-refractivity contribution in [1.29, 1.82) is 0 Å². The second-order valence-electron chi connectivity index (χ2n) is 16.2. The van der Waals surface area contributed by atoms with Gasteiger partial charge >= 0.3 is 0 Å². The molecule has 0 saturated carbocycles. The first-order valence-electron chi connectivity index (χ1n) is 19.2. The molecule has 3 aromatic rings. The zero-order chi connectivity index (χ0) is 38.0. The second kappa shape index (κ2) is 14.0. The number of hydrogen-bond donors (Lipinski definition) is 2. The van der Waals surface area contributed by atoms with E-state index in [1.807, 2.05) is 60.4 Å². The van der Waals surface area contributed by atoms with E-state index >= 15 is 8.90 Å². The van der Waals surface area contributed by atoms with E-state index in [2.05, 4.69) is 22.3 Å². The van der Waals surface area contributed by atoms with Crippen LogP contribution in [0, 0.1) is 5.92 Å². The fraction of sp³-hybridized carbons (Fsp3) is 0.488. The first-order valence-corrected chi connectivity index (χ1v) is 22.6. The van der Waals surface area contributed by atoms with Crippen molar-refractivity contribution in [3.63, 3.8) is 0 Å². The number of hydrogen-bond acceptors (Lipinski definition) is 7. The Morgan fingerprint density at radius 1 is 1.02 bits per heavy atom. The maximum Gasteiger partial charge on any atom is 0.264 e. The van der Waals surface area contributed by atoms with Crippen molar-refractivity contribution in [2.75, 3.05) is 47.6 Å². The number of nitrogens with one attached hydrogen (secondary N) is 1. The molecule has 0 radical (unpaired) electrons. The minimum absolute atomic E-state index is 0.0678. The first kappa shape index (κ1) is 37.1. The Hall–Kier alpha value is -3.81. The summed E-state index contributed by atoms with van der Waals surface area (Å²) in [5.41, 5.74) is 0.964. The van der Waals surface area contributed by atoms with E-state index in [9.17, 15) is 14.7 Å². The molecule has 0 unspecified atom stereocenters. The van der Waals surface area contributed by atoms with Crippen molar-refractivity contribution in [3.8, 4) is 0 Å². The molecule has 3 aromatic carbocycles. The van der Waals surface area contributed by atoms with Gasteiger partial charge in [0, 0.05) is 40.0 Å². The molecule has 4 fully saturated rings. The highest BCUT2D eigenvalue weighted by Gasteiger charge is 2.67. The van der Waals surface area contributed by atoms with Crippen LogP contribution in [0.4, 0.5) is 21.2 Å². The van der Waals surface area contributed by atoms with E-state index in [0.29, 0.717) is 42.3 Å². The number of nitrogens with zero attached hydrogens (tertiary/aromatic N) is 4. The molecular formula is C41H49ClFN5O5Si. The van der Waals surface area contributed by atoms with Crippen LogP contribution in [0.5, 0.6) is 0 Å². The highest BCUT2D eigenvalue weighted by atomic mass is 35.5. The van der Waals surface area contributed by atoms with Gasteiger partial charge in [-0.2, -0.15) is 0 Å². The lowest BCUT2D eigenvalue weighted by molar-refractivity contribution is -0.150. The highest BCUT2D eigenvalue weighted by Crippen LogP contribution is 2.60. The average molecular weight is 774 g/mol. The average Bonchev–Trinajstić information content (AvgIpc) is 3.88. The summed E-state index contributed by atoms with van der Waals surface area (Å²) in [5.74, 6) is -1.02. The number of halogens is 2. The SMILES string of the molecule is C[C@@H]1[C@@H]([Si](C)(C)F)[C@H](CC(=O)N2CCC[C@H]2CO)O[C@@]12C(=O)N(Cc1cccc(N3CN(c4ccccc4)C4(CCNCC4)C3=O)c1)c1ccc(Cl)cc12. The van der Waals surface area contributed by atoms with Gasteiger partial charge in [0.2, 0.25) is 14.3 Å². The van der Waals surface area contributed by atoms with Gasteiger partial charge in [-0.1, -0.05) is 48.9 Å². The topological polar surface area (TPSA) is 106 Å². The molecule has 5 aliphatic rings. The number of anilines is 3. The fourth-order valence-electron chi connectivity index (χ4n) is 10.2. The summed E-state index contributed by atoms with van der Waals surface area (Å²) in [6.45, 7) is 7.63. The van der Waals surface area contributed by atoms with Gasteiger partial charge in [-0.05, 0) is 99.9 Å². The third-order valence-corrected chi connectivity index (χ3v) is 15.4. The van der Waals surface area contributed by atoms with Crippen molar-refractivity contribution in [2.24, 2.45) is 5.92 Å². The van der Waals surface area contributed by atoms with Crippen LogP contribution in [-0.2, 0) is 31.3 Å². The van der Waals surface area contributed by atoms with Crippen LogP contribution in [0.3, 0.4) is 0 Å². The molecular weight excluding hydrogens is 725 g/mol. The van der Waals surface area contributed by atoms with Crippen LogP contribution < -0.4 is 20.0 Å². The van der Waals surface area contributed by atoms with Crippen LogP contribution in [0.2, 0.25) is 23.7 Å². The summed E-state index contributed by atoms with van der Waals surface area (Å²) in [6.07, 6.45) is 2.02. The predicted molar refractivity (Wildman–Crippen MR) is 210 cm³/mol. The number of carbonyl (C=O) groups is 3. The Kier molecular flexibility index (Phi) is 9.65. The Morgan fingerprint density at radius 2 is 1.76 bits per heavy atom. The number of piperidine rings is 1. The molecule has 286 valence electrons. The van der Waals surface area contributed by atoms with Gasteiger partial charge in [-0.25, -0.2) is 0 Å². The summed E-state index contributed by atoms with van der Waals surface area (Å²) >= 11 is 6.60. The zero-order valence-electron chi connectivity index (χ0n) is 31.1. The van der Waals surface area contributed by atoms with E-state index < -0.39 is 37.1 Å². The number of rotatable bonds is 8. The summed E-state index contributed by atoms with van der Waals surface area (Å²) in [6, 6.07) is 22.9. The number of benzene rings is 3. The van der Waals surface area contributed by atoms with E-state index in [1.165, 1.54) is 0 Å². The van der Waals surface area contributed by atoms with Gasteiger partial charge in [-0.3, -0.25) is 19.3 Å². The fourth-order valence-corrected chi connectivity index (χ4v) is 12.9. The Balaban J connectivity index is 1.11. The number of carbonyl (C=O) groups excluding carboxylic acids is 3. The second-order valence-corrected chi connectivity index (χ2v) is 20.4. The molecule has 5 heterocycles. The predicted octanol–water partition coefficient (Wildman–Crippen LogP) is 5.97. The molecule has 10 nitrogen and oxygen atoms in total. The molecule has 2 N–H and O–H groups in total. The third kappa shape index (κ3) is 5.96. The lowest BCUT2D eigenvalue weighted by Gasteiger charge is -2.39. The van der Waals surface area contributed by atoms with E-state index in [0.717, 1.165) is 42.9 Å². The Labute approximate surface area is 322 Å².